The van der Waals surface area contributed by atoms with Crippen LogP contribution in [0.1, 0.15) is 23.5 Å². The number of carbonyl (C=O) groups is 1. The molecule has 0 N–H and O–H groups in total. The lowest BCUT2D eigenvalue weighted by Crippen LogP contribution is -2.44. The molecule has 1 aliphatic heterocycles. The van der Waals surface area contributed by atoms with Crippen LogP contribution in [0.4, 0.5) is 5.69 Å². The van der Waals surface area contributed by atoms with Crippen molar-refractivity contribution in [1.82, 2.24) is 9.47 Å². The second-order valence-electron chi connectivity index (χ2n) is 7.03. The number of methoxy groups -OCH3 is 1. The second-order valence-corrected chi connectivity index (χ2v) is 8.06. The van der Waals surface area contributed by atoms with Crippen LogP contribution in [0, 0.1) is 0 Å². The molecule has 1 amide bonds. The van der Waals surface area contributed by atoms with Crippen LogP contribution in [0.2, 0.25) is 0 Å². The highest BCUT2D eigenvalue weighted by atomic mass is 32.1. The zero-order chi connectivity index (χ0) is 19.5. The average molecular weight is 396 g/mol. The number of rotatable bonds is 6. The van der Waals surface area contributed by atoms with Crippen molar-refractivity contribution in [3.63, 3.8) is 0 Å². The molecule has 1 atom stereocenters. The largest absolute Gasteiger partial charge is 0.497 e. The van der Waals surface area contributed by atoms with E-state index in [-0.39, 0.29) is 11.9 Å². The van der Waals surface area contributed by atoms with Gasteiger partial charge in [-0.2, -0.15) is 0 Å². The van der Waals surface area contributed by atoms with Crippen LogP contribution in [-0.4, -0.2) is 35.6 Å². The standard InChI is InChI=1S/C22H25N3O2S/c1-17-21-6-3-11-23(21)12-13-24(17)16-22(26)25(15-20-5-4-14-28-20)18-7-9-19(27-2)10-8-18/h3-11,14,17H,12-13,15-16H2,1-2H3/t17-/m0/s1. The Bertz CT molecular complexity index is 918. The molecule has 146 valence electrons. The van der Waals surface area contributed by atoms with E-state index in [4.69, 9.17) is 4.74 Å². The van der Waals surface area contributed by atoms with Gasteiger partial charge in [-0.15, -0.1) is 11.3 Å². The molecule has 6 heteroatoms. The number of benzene rings is 1. The summed E-state index contributed by atoms with van der Waals surface area (Å²) < 4.78 is 7.54. The molecule has 3 heterocycles. The van der Waals surface area contributed by atoms with E-state index in [1.54, 1.807) is 18.4 Å². The van der Waals surface area contributed by atoms with Gasteiger partial charge >= 0.3 is 0 Å². The highest BCUT2D eigenvalue weighted by Crippen LogP contribution is 2.27. The van der Waals surface area contributed by atoms with E-state index in [1.807, 2.05) is 40.6 Å². The third-order valence-corrected chi connectivity index (χ3v) is 6.25. The molecule has 28 heavy (non-hydrogen) atoms. The Morgan fingerprint density at radius 1 is 1.18 bits per heavy atom. The average Bonchev–Trinajstić information content (AvgIpc) is 3.40. The number of thiophene rings is 1. The van der Waals surface area contributed by atoms with Gasteiger partial charge in [0.05, 0.1) is 20.2 Å². The van der Waals surface area contributed by atoms with E-state index in [2.05, 4.69) is 40.8 Å². The third-order valence-electron chi connectivity index (χ3n) is 5.39. The van der Waals surface area contributed by atoms with E-state index in [0.717, 1.165) is 24.5 Å². The Morgan fingerprint density at radius 3 is 2.71 bits per heavy atom. The Kier molecular flexibility index (Phi) is 5.50. The summed E-state index contributed by atoms with van der Waals surface area (Å²) in [6, 6.07) is 16.3. The van der Waals surface area contributed by atoms with E-state index in [9.17, 15) is 4.79 Å². The van der Waals surface area contributed by atoms with Gasteiger partial charge in [-0.1, -0.05) is 6.07 Å². The molecule has 3 aromatic rings. The number of ether oxygens (including phenoxy) is 1. The molecule has 2 aromatic heterocycles. The smallest absolute Gasteiger partial charge is 0.241 e. The molecule has 0 fully saturated rings. The number of nitrogens with zero attached hydrogens (tertiary/aromatic N) is 3. The number of carbonyl (C=O) groups excluding carboxylic acids is 1. The summed E-state index contributed by atoms with van der Waals surface area (Å²) in [5.41, 5.74) is 2.17. The quantitative estimate of drug-likeness (QED) is 0.629. The van der Waals surface area contributed by atoms with Gasteiger partial charge in [0.25, 0.3) is 0 Å². The molecule has 0 bridgehead atoms. The zero-order valence-electron chi connectivity index (χ0n) is 16.2. The summed E-state index contributed by atoms with van der Waals surface area (Å²) in [6.07, 6.45) is 2.12. The predicted octanol–water partition coefficient (Wildman–Crippen LogP) is 4.17. The van der Waals surface area contributed by atoms with Gasteiger partial charge < -0.3 is 14.2 Å². The zero-order valence-corrected chi connectivity index (χ0v) is 17.1. The Hall–Kier alpha value is -2.57. The molecule has 1 aromatic carbocycles. The molecule has 0 saturated carbocycles. The van der Waals surface area contributed by atoms with Gasteiger partial charge in [0.1, 0.15) is 5.75 Å². The van der Waals surface area contributed by atoms with Gasteiger partial charge in [0, 0.05) is 41.6 Å². The summed E-state index contributed by atoms with van der Waals surface area (Å²) in [4.78, 5) is 18.7. The van der Waals surface area contributed by atoms with Gasteiger partial charge in [-0.25, -0.2) is 0 Å². The van der Waals surface area contributed by atoms with Crippen molar-refractivity contribution in [3.05, 3.63) is 70.7 Å². The lowest BCUT2D eigenvalue weighted by molar-refractivity contribution is -0.120. The molecular formula is C22H25N3O2S. The van der Waals surface area contributed by atoms with Gasteiger partial charge in [-0.05, 0) is 54.8 Å². The van der Waals surface area contributed by atoms with E-state index < -0.39 is 0 Å². The van der Waals surface area contributed by atoms with E-state index in [0.29, 0.717) is 13.1 Å². The number of anilines is 1. The summed E-state index contributed by atoms with van der Waals surface area (Å²) >= 11 is 1.67. The van der Waals surface area contributed by atoms with Crippen LogP contribution in [0.3, 0.4) is 0 Å². The van der Waals surface area contributed by atoms with Gasteiger partial charge in [-0.3, -0.25) is 9.69 Å². The lowest BCUT2D eigenvalue weighted by Gasteiger charge is -2.35. The monoisotopic (exact) mass is 395 g/mol. The molecule has 4 rings (SSSR count). The molecular weight excluding hydrogens is 370 g/mol. The highest BCUT2D eigenvalue weighted by Gasteiger charge is 2.27. The summed E-state index contributed by atoms with van der Waals surface area (Å²) in [7, 11) is 1.65. The van der Waals surface area contributed by atoms with Crippen LogP contribution in [0.15, 0.2) is 60.1 Å². The van der Waals surface area contributed by atoms with Crippen LogP contribution in [-0.2, 0) is 17.9 Å². The summed E-state index contributed by atoms with van der Waals surface area (Å²) in [6.45, 7) is 4.97. The normalized spacial score (nSPS) is 16.6. The molecule has 0 spiro atoms. The first-order chi connectivity index (χ1) is 13.7. The van der Waals surface area contributed by atoms with Crippen molar-refractivity contribution in [1.29, 1.82) is 0 Å². The topological polar surface area (TPSA) is 37.7 Å². The maximum Gasteiger partial charge on any atom is 0.241 e. The van der Waals surface area contributed by atoms with Crippen molar-refractivity contribution in [2.45, 2.75) is 26.1 Å². The molecule has 1 aliphatic rings. The minimum absolute atomic E-state index is 0.116. The number of hydrogen-bond donors (Lipinski definition) is 0. The summed E-state index contributed by atoms with van der Waals surface area (Å²) in [5.74, 6) is 0.906. The van der Waals surface area contributed by atoms with Crippen molar-refractivity contribution < 1.29 is 9.53 Å². The maximum atomic E-state index is 13.3. The number of amides is 1. The van der Waals surface area contributed by atoms with Gasteiger partial charge in [0.2, 0.25) is 5.91 Å². The number of hydrogen-bond acceptors (Lipinski definition) is 4. The van der Waals surface area contributed by atoms with E-state index >= 15 is 0 Å². The molecule has 0 radical (unpaired) electrons. The first kappa shape index (κ1) is 18.8. The molecule has 0 aliphatic carbocycles. The van der Waals surface area contributed by atoms with Crippen molar-refractivity contribution in [2.24, 2.45) is 0 Å². The third kappa shape index (κ3) is 3.84. The van der Waals surface area contributed by atoms with Crippen molar-refractivity contribution in [3.8, 4) is 5.75 Å². The summed E-state index contributed by atoms with van der Waals surface area (Å²) in [5, 5.41) is 2.05. The Labute approximate surface area is 169 Å². The Balaban J connectivity index is 1.54. The first-order valence-electron chi connectivity index (χ1n) is 9.51. The fourth-order valence-electron chi connectivity index (χ4n) is 3.75. The predicted molar refractivity (Wildman–Crippen MR) is 113 cm³/mol. The lowest BCUT2D eigenvalue weighted by atomic mass is 10.1. The van der Waals surface area contributed by atoms with E-state index in [1.165, 1.54) is 10.6 Å². The van der Waals surface area contributed by atoms with Crippen LogP contribution in [0.25, 0.3) is 0 Å². The molecule has 5 nitrogen and oxygen atoms in total. The SMILES string of the molecule is COc1ccc(N(Cc2cccs2)C(=O)CN2CCn3cccc3[C@@H]2C)cc1. The first-order valence-corrected chi connectivity index (χ1v) is 10.4. The second kappa shape index (κ2) is 8.20. The fourth-order valence-corrected chi connectivity index (χ4v) is 4.44. The fraction of sp³-hybridized carbons (Fsp3) is 0.318. The number of fused-ring (bicyclic) bond motifs is 1. The van der Waals surface area contributed by atoms with Crippen LogP contribution < -0.4 is 9.64 Å². The van der Waals surface area contributed by atoms with Crippen LogP contribution in [0.5, 0.6) is 5.75 Å². The minimum atomic E-state index is 0.116. The maximum absolute atomic E-state index is 13.3. The molecule has 0 saturated heterocycles. The van der Waals surface area contributed by atoms with Crippen molar-refractivity contribution >= 4 is 22.9 Å². The minimum Gasteiger partial charge on any atom is -0.497 e. The highest BCUT2D eigenvalue weighted by molar-refractivity contribution is 7.09. The molecule has 0 unspecified atom stereocenters. The van der Waals surface area contributed by atoms with Gasteiger partial charge in [0.15, 0.2) is 0 Å². The van der Waals surface area contributed by atoms with Crippen molar-refractivity contribution in [2.75, 3.05) is 25.1 Å². The number of aromatic nitrogens is 1. The van der Waals surface area contributed by atoms with Crippen LogP contribution >= 0.6 is 11.3 Å². The Morgan fingerprint density at radius 2 is 2.00 bits per heavy atom.